The molecule has 0 aromatic heterocycles. The number of piperidine rings is 1. The second kappa shape index (κ2) is 9.87. The first-order valence-corrected chi connectivity index (χ1v) is 7.57. The number of rotatable bonds is 7. The standard InChI is InChI=1S/C16H26N2O2.ClH/c1-3-19-15-4-6-16(7-5-15)20-13-12-18-10-8-14(17-2)9-11-18;/h4-7,14,17H,3,8-13H2,1-2H3;1H. The normalized spacial score (nSPS) is 16.3. The van der Waals surface area contributed by atoms with Gasteiger partial charge in [0.05, 0.1) is 6.61 Å². The molecule has 1 heterocycles. The number of hydrogen-bond donors (Lipinski definition) is 1. The van der Waals surface area contributed by atoms with Crippen molar-refractivity contribution in [1.29, 1.82) is 0 Å². The Kier molecular flexibility index (Phi) is 8.50. The summed E-state index contributed by atoms with van der Waals surface area (Å²) in [7, 11) is 2.05. The van der Waals surface area contributed by atoms with E-state index in [1.54, 1.807) is 0 Å². The molecule has 1 saturated heterocycles. The Morgan fingerprint density at radius 2 is 1.67 bits per heavy atom. The van der Waals surface area contributed by atoms with Crippen LogP contribution in [0.1, 0.15) is 19.8 Å². The largest absolute Gasteiger partial charge is 0.494 e. The zero-order chi connectivity index (χ0) is 14.2. The fraction of sp³-hybridized carbons (Fsp3) is 0.625. The molecule has 1 aliphatic heterocycles. The highest BCUT2D eigenvalue weighted by atomic mass is 35.5. The summed E-state index contributed by atoms with van der Waals surface area (Å²) in [5.74, 6) is 1.81. The quantitative estimate of drug-likeness (QED) is 0.838. The zero-order valence-electron chi connectivity index (χ0n) is 13.0. The first-order chi connectivity index (χ1) is 9.81. The lowest BCUT2D eigenvalue weighted by atomic mass is 10.1. The summed E-state index contributed by atoms with van der Waals surface area (Å²) >= 11 is 0. The molecule has 1 N–H and O–H groups in total. The van der Waals surface area contributed by atoms with Gasteiger partial charge < -0.3 is 14.8 Å². The number of nitrogens with one attached hydrogen (secondary N) is 1. The van der Waals surface area contributed by atoms with E-state index in [0.29, 0.717) is 12.6 Å². The van der Waals surface area contributed by atoms with E-state index in [1.165, 1.54) is 12.8 Å². The van der Waals surface area contributed by atoms with E-state index >= 15 is 0 Å². The van der Waals surface area contributed by atoms with Crippen LogP contribution in [0.25, 0.3) is 0 Å². The van der Waals surface area contributed by atoms with Gasteiger partial charge in [0.25, 0.3) is 0 Å². The van der Waals surface area contributed by atoms with Crippen LogP contribution in [0, 0.1) is 0 Å². The molecule has 120 valence electrons. The maximum atomic E-state index is 5.78. The lowest BCUT2D eigenvalue weighted by Crippen LogP contribution is -2.42. The fourth-order valence-corrected chi connectivity index (χ4v) is 2.54. The van der Waals surface area contributed by atoms with E-state index in [2.05, 4.69) is 17.3 Å². The van der Waals surface area contributed by atoms with Crippen molar-refractivity contribution in [3.05, 3.63) is 24.3 Å². The van der Waals surface area contributed by atoms with Crippen molar-refractivity contribution in [2.24, 2.45) is 0 Å². The Bertz CT molecular complexity index is 378. The Balaban J connectivity index is 0.00000220. The van der Waals surface area contributed by atoms with Gasteiger partial charge in [-0.25, -0.2) is 0 Å². The molecule has 0 bridgehead atoms. The maximum Gasteiger partial charge on any atom is 0.119 e. The Hall–Kier alpha value is -0.970. The Labute approximate surface area is 134 Å². The van der Waals surface area contributed by atoms with Gasteiger partial charge in [-0.3, -0.25) is 4.90 Å². The topological polar surface area (TPSA) is 33.7 Å². The number of hydrogen-bond acceptors (Lipinski definition) is 4. The number of halogens is 1. The first kappa shape index (κ1) is 18.1. The summed E-state index contributed by atoms with van der Waals surface area (Å²) in [6.07, 6.45) is 2.47. The average Bonchev–Trinajstić information content (AvgIpc) is 2.50. The Morgan fingerprint density at radius 3 is 2.19 bits per heavy atom. The molecule has 0 spiro atoms. The van der Waals surface area contributed by atoms with Crippen molar-refractivity contribution in [3.63, 3.8) is 0 Å². The highest BCUT2D eigenvalue weighted by molar-refractivity contribution is 5.85. The molecular formula is C16H27ClN2O2. The predicted molar refractivity (Wildman–Crippen MR) is 88.9 cm³/mol. The summed E-state index contributed by atoms with van der Waals surface area (Å²) < 4.78 is 11.2. The molecular weight excluding hydrogens is 288 g/mol. The van der Waals surface area contributed by atoms with E-state index in [9.17, 15) is 0 Å². The lowest BCUT2D eigenvalue weighted by Gasteiger charge is -2.31. The Morgan fingerprint density at radius 1 is 1.10 bits per heavy atom. The highest BCUT2D eigenvalue weighted by Crippen LogP contribution is 2.17. The van der Waals surface area contributed by atoms with Gasteiger partial charge in [-0.15, -0.1) is 12.4 Å². The van der Waals surface area contributed by atoms with Gasteiger partial charge in [0.15, 0.2) is 0 Å². The highest BCUT2D eigenvalue weighted by Gasteiger charge is 2.17. The van der Waals surface area contributed by atoms with Gasteiger partial charge in [0.2, 0.25) is 0 Å². The van der Waals surface area contributed by atoms with E-state index in [0.717, 1.165) is 37.7 Å². The molecule has 0 aliphatic carbocycles. The van der Waals surface area contributed by atoms with E-state index in [1.807, 2.05) is 31.2 Å². The minimum atomic E-state index is 0. The summed E-state index contributed by atoms with van der Waals surface area (Å²) in [4.78, 5) is 2.47. The van der Waals surface area contributed by atoms with E-state index < -0.39 is 0 Å². The van der Waals surface area contributed by atoms with Crippen molar-refractivity contribution in [1.82, 2.24) is 10.2 Å². The summed E-state index contributed by atoms with van der Waals surface area (Å²) in [5.41, 5.74) is 0. The zero-order valence-corrected chi connectivity index (χ0v) is 13.8. The van der Waals surface area contributed by atoms with Gasteiger partial charge in [0.1, 0.15) is 18.1 Å². The van der Waals surface area contributed by atoms with Gasteiger partial charge >= 0.3 is 0 Å². The molecule has 0 unspecified atom stereocenters. The molecule has 0 saturated carbocycles. The minimum absolute atomic E-state index is 0. The van der Waals surface area contributed by atoms with Crippen molar-refractivity contribution >= 4 is 12.4 Å². The molecule has 1 aromatic rings. The predicted octanol–water partition coefficient (Wildman–Crippen LogP) is 2.57. The molecule has 1 fully saturated rings. The van der Waals surface area contributed by atoms with Crippen LogP contribution in [0.4, 0.5) is 0 Å². The molecule has 2 rings (SSSR count). The van der Waals surface area contributed by atoms with Crippen molar-refractivity contribution in [3.8, 4) is 11.5 Å². The van der Waals surface area contributed by atoms with Crippen LogP contribution in [0.5, 0.6) is 11.5 Å². The van der Waals surface area contributed by atoms with Crippen LogP contribution in [-0.4, -0.2) is 50.8 Å². The van der Waals surface area contributed by atoms with Crippen LogP contribution in [0.15, 0.2) is 24.3 Å². The second-order valence-corrected chi connectivity index (χ2v) is 5.16. The van der Waals surface area contributed by atoms with Crippen molar-refractivity contribution < 1.29 is 9.47 Å². The second-order valence-electron chi connectivity index (χ2n) is 5.16. The molecule has 21 heavy (non-hydrogen) atoms. The van der Waals surface area contributed by atoms with Crippen LogP contribution < -0.4 is 14.8 Å². The smallest absolute Gasteiger partial charge is 0.119 e. The third-order valence-corrected chi connectivity index (χ3v) is 3.81. The molecule has 0 radical (unpaired) electrons. The van der Waals surface area contributed by atoms with Crippen LogP contribution >= 0.6 is 12.4 Å². The minimum Gasteiger partial charge on any atom is -0.494 e. The third-order valence-electron chi connectivity index (χ3n) is 3.81. The summed E-state index contributed by atoms with van der Waals surface area (Å²) in [6.45, 7) is 6.77. The average molecular weight is 315 g/mol. The summed E-state index contributed by atoms with van der Waals surface area (Å²) in [5, 5.41) is 3.35. The third kappa shape index (κ3) is 6.12. The van der Waals surface area contributed by atoms with Crippen molar-refractivity contribution in [2.45, 2.75) is 25.8 Å². The first-order valence-electron chi connectivity index (χ1n) is 7.57. The molecule has 0 atom stereocenters. The SMILES string of the molecule is CCOc1ccc(OCCN2CCC(NC)CC2)cc1.Cl. The number of likely N-dealkylation sites (tertiary alicyclic amines) is 1. The molecule has 1 aliphatic rings. The fourth-order valence-electron chi connectivity index (χ4n) is 2.54. The summed E-state index contributed by atoms with van der Waals surface area (Å²) in [6, 6.07) is 8.54. The molecule has 1 aromatic carbocycles. The van der Waals surface area contributed by atoms with Crippen LogP contribution in [-0.2, 0) is 0 Å². The molecule has 0 amide bonds. The van der Waals surface area contributed by atoms with Gasteiger partial charge in [-0.1, -0.05) is 0 Å². The van der Waals surface area contributed by atoms with Crippen LogP contribution in [0.2, 0.25) is 0 Å². The monoisotopic (exact) mass is 314 g/mol. The number of ether oxygens (including phenoxy) is 2. The van der Waals surface area contributed by atoms with Crippen molar-refractivity contribution in [2.75, 3.05) is 39.9 Å². The number of benzene rings is 1. The van der Waals surface area contributed by atoms with E-state index in [4.69, 9.17) is 9.47 Å². The lowest BCUT2D eigenvalue weighted by molar-refractivity contribution is 0.167. The van der Waals surface area contributed by atoms with Gasteiger partial charge in [0, 0.05) is 12.6 Å². The van der Waals surface area contributed by atoms with Gasteiger partial charge in [-0.2, -0.15) is 0 Å². The van der Waals surface area contributed by atoms with Crippen LogP contribution in [0.3, 0.4) is 0 Å². The maximum absolute atomic E-state index is 5.78. The number of nitrogens with zero attached hydrogens (tertiary/aromatic N) is 1. The molecule has 5 heteroatoms. The van der Waals surface area contributed by atoms with E-state index in [-0.39, 0.29) is 12.4 Å². The molecule has 4 nitrogen and oxygen atoms in total. The van der Waals surface area contributed by atoms with Gasteiger partial charge in [-0.05, 0) is 64.2 Å².